The zero-order valence-corrected chi connectivity index (χ0v) is 38.5. The van der Waals surface area contributed by atoms with Gasteiger partial charge in [0, 0.05) is 79.9 Å². The van der Waals surface area contributed by atoms with Crippen LogP contribution in [-0.4, -0.2) is 29.7 Å². The van der Waals surface area contributed by atoms with Crippen LogP contribution in [0.2, 0.25) is 0 Å². The summed E-state index contributed by atoms with van der Waals surface area (Å²) in [6.45, 7) is 11.5. The van der Waals surface area contributed by atoms with E-state index in [4.69, 9.17) is 15.1 Å². The molecule has 4 heterocycles. The van der Waals surface area contributed by atoms with Crippen LogP contribution in [0.15, 0.2) is 152 Å². The van der Waals surface area contributed by atoms with Crippen molar-refractivity contribution in [2.24, 2.45) is 0 Å². The van der Waals surface area contributed by atoms with Gasteiger partial charge >= 0.3 is 0 Å². The van der Waals surface area contributed by atoms with E-state index >= 15 is 0 Å². The van der Waals surface area contributed by atoms with Gasteiger partial charge in [-0.15, -0.1) is 29.7 Å². The second kappa shape index (κ2) is 18.0. The van der Waals surface area contributed by atoms with E-state index in [-0.39, 0.29) is 51.8 Å². The van der Waals surface area contributed by atoms with Gasteiger partial charge in [-0.3, -0.25) is 14.2 Å². The molecule has 298 valence electrons. The van der Waals surface area contributed by atoms with Gasteiger partial charge in [0.15, 0.2) is 5.78 Å². The molecule has 10 aromatic rings. The zero-order valence-electron chi connectivity index (χ0n) is 33.7. The number of para-hydroxylation sites is 2. The third kappa shape index (κ3) is 8.02. The molecule has 6 aromatic carbocycles. The molecular weight excluding hydrogens is 1090 g/mol. The normalized spacial score (nSPS) is 11.2. The molecule has 6 nitrogen and oxygen atoms in total. The van der Waals surface area contributed by atoms with Crippen LogP contribution >= 0.6 is 0 Å². The van der Waals surface area contributed by atoms with Crippen molar-refractivity contribution < 1.29 is 50.1 Å². The number of carbonyl (C=O) groups is 1. The van der Waals surface area contributed by atoms with Crippen molar-refractivity contribution in [2.75, 3.05) is 0 Å². The number of benzene rings is 6. The molecule has 0 unspecified atom stereocenters. The van der Waals surface area contributed by atoms with E-state index in [1.807, 2.05) is 24.5 Å². The molecule has 0 aliphatic rings. The molecule has 0 fully saturated rings. The fourth-order valence-electron chi connectivity index (χ4n) is 8.19. The Balaban J connectivity index is 0.000000167. The van der Waals surface area contributed by atoms with E-state index in [9.17, 15) is 4.79 Å². The number of hydrogen-bond acceptors (Lipinski definition) is 4. The second-order valence-corrected chi connectivity index (χ2v) is 14.6. The fraction of sp³-hybridized carbons (Fsp3) is 0.118. The molecule has 59 heavy (non-hydrogen) atoms. The maximum atomic E-state index is 10.0. The Bertz CT molecular complexity index is 2950. The largest absolute Gasteiger partial charge is 0.512 e. The molecule has 0 aliphatic carbocycles. The van der Waals surface area contributed by atoms with Gasteiger partial charge in [-0.05, 0) is 86.7 Å². The van der Waals surface area contributed by atoms with E-state index < -0.39 is 0 Å². The van der Waals surface area contributed by atoms with Crippen molar-refractivity contribution in [1.82, 2.24) is 18.8 Å². The van der Waals surface area contributed by atoms with Crippen molar-refractivity contribution in [2.45, 2.75) is 41.5 Å². The van der Waals surface area contributed by atoms with E-state index in [1.165, 1.54) is 91.3 Å². The van der Waals surface area contributed by atoms with Crippen molar-refractivity contribution in [3.63, 3.8) is 0 Å². The Morgan fingerprint density at radius 2 is 0.966 bits per heavy atom. The number of carbonyl (C=O) groups excluding carboxylic acids is 1. The summed E-state index contributed by atoms with van der Waals surface area (Å²) < 4.78 is 4.59. The molecule has 0 aliphatic heterocycles. The van der Waals surface area contributed by atoms with E-state index in [2.05, 4.69) is 158 Å². The van der Waals surface area contributed by atoms with Gasteiger partial charge in [0.25, 0.3) is 0 Å². The Kier molecular flexibility index (Phi) is 13.1. The molecule has 4 aromatic heterocycles. The van der Waals surface area contributed by atoms with Crippen LogP contribution in [0.1, 0.15) is 36.1 Å². The van der Waals surface area contributed by atoms with Crippen LogP contribution in [0.3, 0.4) is 0 Å². The molecule has 0 amide bonds. The molecule has 2 radical (unpaired) electrons. The van der Waals surface area contributed by atoms with Gasteiger partial charge < -0.3 is 9.51 Å². The monoisotopic (exact) mass is 1130 g/mol. The van der Waals surface area contributed by atoms with Crippen molar-refractivity contribution in [3.8, 4) is 22.5 Å². The first-order valence-corrected chi connectivity index (χ1v) is 19.1. The minimum absolute atomic E-state index is 0. The average Bonchev–Trinajstić information content (AvgIpc) is 3.84. The zero-order chi connectivity index (χ0) is 39.8. The van der Waals surface area contributed by atoms with Gasteiger partial charge in [-0.1, -0.05) is 102 Å². The van der Waals surface area contributed by atoms with Crippen molar-refractivity contribution in [1.29, 1.82) is 0 Å². The second-order valence-electron chi connectivity index (χ2n) is 14.6. The maximum absolute atomic E-state index is 10.0. The molecule has 8 heteroatoms. The summed E-state index contributed by atoms with van der Waals surface area (Å²) in [5.74, 6) is -0.0625. The summed E-state index contributed by atoms with van der Waals surface area (Å²) in [5, 5.41) is 15.6. The van der Waals surface area contributed by atoms with Crippen LogP contribution in [0.25, 0.3) is 77.2 Å². The number of allylic oxidation sites excluding steroid dienone is 2. The molecule has 1 N–H and O–H groups in total. The van der Waals surface area contributed by atoms with Crippen LogP contribution < -0.4 is 0 Å². The quantitative estimate of drug-likeness (QED) is 0.0828. The number of rotatable bonds is 3. The smallest absolute Gasteiger partial charge is 0.155 e. The molecule has 0 saturated carbocycles. The molecule has 0 saturated heterocycles. The van der Waals surface area contributed by atoms with Crippen LogP contribution in [0.4, 0.5) is 0 Å². The fourth-order valence-corrected chi connectivity index (χ4v) is 8.19. The minimum Gasteiger partial charge on any atom is -0.512 e. The first-order chi connectivity index (χ1) is 27.6. The molecule has 0 bridgehead atoms. The van der Waals surface area contributed by atoms with Gasteiger partial charge in [0.2, 0.25) is 0 Å². The number of pyridine rings is 2. The molecule has 0 spiro atoms. The summed E-state index contributed by atoms with van der Waals surface area (Å²) in [5.41, 5.74) is 14.3. The number of hydrogen-bond donors (Lipinski definition) is 1. The minimum atomic E-state index is -0.125. The number of imidazole rings is 2. The maximum Gasteiger partial charge on any atom is 0.155 e. The summed E-state index contributed by atoms with van der Waals surface area (Å²) >= 11 is 0. The first-order valence-electron chi connectivity index (χ1n) is 19.1. The van der Waals surface area contributed by atoms with E-state index in [1.54, 1.807) is 0 Å². The Hall–Kier alpha value is -5.75. The van der Waals surface area contributed by atoms with Gasteiger partial charge in [-0.2, -0.15) is 0 Å². The molecular formula is C51H43Ir2N4O2-. The number of aromatic nitrogens is 4. The van der Waals surface area contributed by atoms with Crippen LogP contribution in [0, 0.1) is 33.8 Å². The summed E-state index contributed by atoms with van der Waals surface area (Å²) in [6.07, 6.45) is 5.18. The van der Waals surface area contributed by atoms with Crippen molar-refractivity contribution >= 4 is 60.4 Å². The van der Waals surface area contributed by atoms with E-state index in [0.29, 0.717) is 0 Å². The molecule has 10 rings (SSSR count). The summed E-state index contributed by atoms with van der Waals surface area (Å²) in [4.78, 5) is 19.6. The third-order valence-electron chi connectivity index (χ3n) is 10.5. The van der Waals surface area contributed by atoms with Crippen molar-refractivity contribution in [3.05, 3.63) is 180 Å². The van der Waals surface area contributed by atoms with Gasteiger partial charge in [0.05, 0.1) is 34.5 Å². The standard InChI is InChI=1S/C23H18N2.C23H17N2.C5H8O2.2Ir/c2*1-15-8-7-9-16(2)22(15)21-14-24-23-19-12-4-3-10-17(19)18-11-5-6-13-20(18)25(21)23;1-4(6)3-5(2)7;;/h3-14H,1-2H3;3-11,13-14H,1-2H3;3,6H,1-2H3;;/q;-1;;;. The van der Waals surface area contributed by atoms with E-state index in [0.717, 1.165) is 28.1 Å². The number of fused-ring (bicyclic) bond motifs is 12. The molecule has 0 atom stereocenters. The van der Waals surface area contributed by atoms with Gasteiger partial charge in [-0.25, -0.2) is 4.98 Å². The topological polar surface area (TPSA) is 71.9 Å². The average molecular weight is 1130 g/mol. The predicted molar refractivity (Wildman–Crippen MR) is 236 cm³/mol. The van der Waals surface area contributed by atoms with Gasteiger partial charge in [0.1, 0.15) is 5.65 Å². The number of aryl methyl sites for hydroxylation is 4. The number of nitrogens with zero attached hydrogens (tertiary/aromatic N) is 4. The number of ketones is 1. The predicted octanol–water partition coefficient (Wildman–Crippen LogP) is 12.7. The number of aliphatic hydroxyl groups is 1. The Labute approximate surface area is 371 Å². The van der Waals surface area contributed by atoms with Crippen LogP contribution in [-0.2, 0) is 45.0 Å². The SMILES string of the molecule is CC(=O)C=C(C)O.Cc1cccc(C)c1-c1cnc2c3[c-]cccc3c3ccccc3n12.Cc1cccc(C)c1-c1cnc2c3ccccc3c3ccccc3n12.[Ir].[Ir]. The number of aliphatic hydroxyl groups excluding tert-OH is 1. The van der Waals surface area contributed by atoms with Crippen LogP contribution in [0.5, 0.6) is 0 Å². The summed E-state index contributed by atoms with van der Waals surface area (Å²) in [6, 6.07) is 48.1. The third-order valence-corrected chi connectivity index (χ3v) is 10.5. The summed E-state index contributed by atoms with van der Waals surface area (Å²) in [7, 11) is 0. The Morgan fingerprint density at radius 3 is 1.46 bits per heavy atom. The first kappa shape index (κ1) is 42.8. The Morgan fingerprint density at radius 1 is 0.542 bits per heavy atom.